The summed E-state index contributed by atoms with van der Waals surface area (Å²) < 4.78 is 0. The fourth-order valence-corrected chi connectivity index (χ4v) is 2.90. The minimum atomic E-state index is -0.126. The molecule has 0 radical (unpaired) electrons. The second kappa shape index (κ2) is 5.90. The molecule has 0 aliphatic heterocycles. The Kier molecular flexibility index (Phi) is 4.24. The number of thiazole rings is 1. The zero-order chi connectivity index (χ0) is 12.1. The first-order chi connectivity index (χ1) is 8.31. The van der Waals surface area contributed by atoms with Crippen LogP contribution in [0.5, 0.6) is 0 Å². The van der Waals surface area contributed by atoms with Gasteiger partial charge in [-0.25, -0.2) is 4.98 Å². The van der Waals surface area contributed by atoms with E-state index in [1.165, 1.54) is 11.3 Å². The maximum Gasteiger partial charge on any atom is 0.263 e. The number of rotatable bonds is 5. The molecule has 2 aromatic heterocycles. The van der Waals surface area contributed by atoms with Gasteiger partial charge in [0.2, 0.25) is 0 Å². The first-order valence-corrected chi connectivity index (χ1v) is 6.89. The Labute approximate surface area is 107 Å². The molecular formula is C11H12N2O2S2. The monoisotopic (exact) mass is 268 g/mol. The van der Waals surface area contributed by atoms with Crippen LogP contribution in [-0.2, 0) is 0 Å². The minimum absolute atomic E-state index is 0.0867. The average molecular weight is 268 g/mol. The minimum Gasteiger partial charge on any atom is -0.396 e. The van der Waals surface area contributed by atoms with Crippen LogP contribution in [0.4, 0.5) is 0 Å². The van der Waals surface area contributed by atoms with Gasteiger partial charge in [-0.05, 0) is 17.9 Å². The molecule has 6 heteroatoms. The van der Waals surface area contributed by atoms with Crippen LogP contribution in [0.1, 0.15) is 16.1 Å². The van der Waals surface area contributed by atoms with Gasteiger partial charge in [-0.2, -0.15) is 0 Å². The smallest absolute Gasteiger partial charge is 0.263 e. The Balaban J connectivity index is 2.01. The van der Waals surface area contributed by atoms with Crippen LogP contribution < -0.4 is 5.32 Å². The van der Waals surface area contributed by atoms with Gasteiger partial charge >= 0.3 is 0 Å². The summed E-state index contributed by atoms with van der Waals surface area (Å²) in [4.78, 5) is 17.6. The Morgan fingerprint density at radius 1 is 1.53 bits per heavy atom. The highest BCUT2D eigenvalue weighted by molar-refractivity contribution is 7.21. The molecule has 0 saturated heterocycles. The number of aliphatic hydroxyl groups excluding tert-OH is 1. The molecule has 4 nitrogen and oxygen atoms in total. The van der Waals surface area contributed by atoms with Crippen molar-refractivity contribution < 1.29 is 9.90 Å². The standard InChI is InChI=1S/C11H12N2O2S2/c14-5-2-4-12-10(15)9-7-13-11(17-9)8-3-1-6-16-8/h1,3,6-7,14H,2,4-5H2,(H,12,15). The summed E-state index contributed by atoms with van der Waals surface area (Å²) in [5.74, 6) is -0.126. The summed E-state index contributed by atoms with van der Waals surface area (Å²) in [6.07, 6.45) is 2.16. The summed E-state index contributed by atoms with van der Waals surface area (Å²) >= 11 is 2.99. The molecule has 0 atom stereocenters. The Bertz CT molecular complexity index is 479. The van der Waals surface area contributed by atoms with E-state index in [4.69, 9.17) is 5.11 Å². The molecule has 1 amide bonds. The molecule has 0 aliphatic carbocycles. The molecule has 17 heavy (non-hydrogen) atoms. The number of aromatic nitrogens is 1. The number of thiophene rings is 1. The van der Waals surface area contributed by atoms with Crippen molar-refractivity contribution in [1.82, 2.24) is 10.3 Å². The van der Waals surface area contributed by atoms with Gasteiger partial charge in [0.05, 0.1) is 11.1 Å². The third-order valence-electron chi connectivity index (χ3n) is 2.08. The molecule has 0 spiro atoms. The lowest BCUT2D eigenvalue weighted by Crippen LogP contribution is -2.24. The first kappa shape index (κ1) is 12.2. The van der Waals surface area contributed by atoms with Crippen molar-refractivity contribution in [2.45, 2.75) is 6.42 Å². The second-order valence-electron chi connectivity index (χ2n) is 3.34. The van der Waals surface area contributed by atoms with Crippen molar-refractivity contribution in [3.05, 3.63) is 28.6 Å². The van der Waals surface area contributed by atoms with Crippen molar-refractivity contribution in [2.24, 2.45) is 0 Å². The van der Waals surface area contributed by atoms with E-state index in [2.05, 4.69) is 10.3 Å². The van der Waals surface area contributed by atoms with E-state index in [1.54, 1.807) is 17.5 Å². The first-order valence-electron chi connectivity index (χ1n) is 5.20. The molecular weight excluding hydrogens is 256 g/mol. The topological polar surface area (TPSA) is 62.2 Å². The number of aliphatic hydroxyl groups is 1. The lowest BCUT2D eigenvalue weighted by atomic mass is 10.4. The van der Waals surface area contributed by atoms with Gasteiger partial charge in [0.1, 0.15) is 9.88 Å². The zero-order valence-corrected chi connectivity index (χ0v) is 10.7. The van der Waals surface area contributed by atoms with Crippen molar-refractivity contribution >= 4 is 28.6 Å². The predicted molar refractivity (Wildman–Crippen MR) is 69.5 cm³/mol. The van der Waals surface area contributed by atoms with Gasteiger partial charge in [0, 0.05) is 13.2 Å². The maximum absolute atomic E-state index is 11.7. The zero-order valence-electron chi connectivity index (χ0n) is 9.05. The Morgan fingerprint density at radius 3 is 3.12 bits per heavy atom. The van der Waals surface area contributed by atoms with Crippen molar-refractivity contribution in [3.63, 3.8) is 0 Å². The fraction of sp³-hybridized carbons (Fsp3) is 0.273. The highest BCUT2D eigenvalue weighted by Gasteiger charge is 2.11. The van der Waals surface area contributed by atoms with Crippen molar-refractivity contribution in [3.8, 4) is 9.88 Å². The summed E-state index contributed by atoms with van der Waals surface area (Å²) in [5.41, 5.74) is 0. The number of carbonyl (C=O) groups excluding carboxylic acids is 1. The lowest BCUT2D eigenvalue weighted by molar-refractivity contribution is 0.0955. The lowest BCUT2D eigenvalue weighted by Gasteiger charge is -1.99. The van der Waals surface area contributed by atoms with E-state index in [0.29, 0.717) is 17.8 Å². The fourth-order valence-electron chi connectivity index (χ4n) is 1.26. The number of nitrogens with zero attached hydrogens (tertiary/aromatic N) is 1. The van der Waals surface area contributed by atoms with Crippen molar-refractivity contribution in [1.29, 1.82) is 0 Å². The van der Waals surface area contributed by atoms with Crippen LogP contribution in [0.3, 0.4) is 0 Å². The Hall–Kier alpha value is -1.24. The number of nitrogens with one attached hydrogen (secondary N) is 1. The molecule has 0 unspecified atom stereocenters. The average Bonchev–Trinajstić information content (AvgIpc) is 3.00. The van der Waals surface area contributed by atoms with E-state index < -0.39 is 0 Å². The van der Waals surface area contributed by atoms with Crippen LogP contribution in [0, 0.1) is 0 Å². The molecule has 0 aliphatic rings. The molecule has 0 fully saturated rings. The third kappa shape index (κ3) is 3.12. The maximum atomic E-state index is 11.7. The highest BCUT2D eigenvalue weighted by atomic mass is 32.1. The van der Waals surface area contributed by atoms with Crippen LogP contribution in [0.2, 0.25) is 0 Å². The summed E-state index contributed by atoms with van der Waals surface area (Å²) in [7, 11) is 0. The molecule has 2 rings (SSSR count). The van der Waals surface area contributed by atoms with Gasteiger partial charge in [-0.15, -0.1) is 22.7 Å². The normalized spacial score (nSPS) is 10.4. The van der Waals surface area contributed by atoms with Gasteiger partial charge in [0.15, 0.2) is 0 Å². The molecule has 2 aromatic rings. The summed E-state index contributed by atoms with van der Waals surface area (Å²) in [5, 5.41) is 14.2. The third-order valence-corrected chi connectivity index (χ3v) is 4.12. The number of carbonyl (C=O) groups is 1. The van der Waals surface area contributed by atoms with E-state index in [-0.39, 0.29) is 12.5 Å². The molecule has 2 N–H and O–H groups in total. The van der Waals surface area contributed by atoms with Crippen LogP contribution in [-0.4, -0.2) is 29.1 Å². The van der Waals surface area contributed by atoms with E-state index >= 15 is 0 Å². The van der Waals surface area contributed by atoms with Crippen LogP contribution >= 0.6 is 22.7 Å². The second-order valence-corrected chi connectivity index (χ2v) is 5.32. The van der Waals surface area contributed by atoms with E-state index in [9.17, 15) is 4.79 Å². The highest BCUT2D eigenvalue weighted by Crippen LogP contribution is 2.28. The predicted octanol–water partition coefficient (Wildman–Crippen LogP) is 1.98. The van der Waals surface area contributed by atoms with Gasteiger partial charge in [-0.3, -0.25) is 4.79 Å². The van der Waals surface area contributed by atoms with E-state index in [0.717, 1.165) is 9.88 Å². The molecule has 0 bridgehead atoms. The van der Waals surface area contributed by atoms with Gasteiger partial charge in [0.25, 0.3) is 5.91 Å². The van der Waals surface area contributed by atoms with Crippen LogP contribution in [0.25, 0.3) is 9.88 Å². The molecule has 2 heterocycles. The van der Waals surface area contributed by atoms with Crippen LogP contribution in [0.15, 0.2) is 23.7 Å². The molecule has 0 saturated carbocycles. The SMILES string of the molecule is O=C(NCCCO)c1cnc(-c2cccs2)s1. The van der Waals surface area contributed by atoms with Gasteiger partial charge in [-0.1, -0.05) is 6.07 Å². The molecule has 90 valence electrons. The molecule has 0 aromatic carbocycles. The van der Waals surface area contributed by atoms with Crippen molar-refractivity contribution in [2.75, 3.05) is 13.2 Å². The number of hydrogen-bond acceptors (Lipinski definition) is 5. The largest absolute Gasteiger partial charge is 0.396 e. The quantitative estimate of drug-likeness (QED) is 0.815. The van der Waals surface area contributed by atoms with E-state index in [1.807, 2.05) is 17.5 Å². The summed E-state index contributed by atoms with van der Waals surface area (Å²) in [6, 6.07) is 3.94. The Morgan fingerprint density at radius 2 is 2.41 bits per heavy atom. The number of amides is 1. The summed E-state index contributed by atoms with van der Waals surface area (Å²) in [6.45, 7) is 0.574. The number of hydrogen-bond donors (Lipinski definition) is 2. The van der Waals surface area contributed by atoms with Gasteiger partial charge < -0.3 is 10.4 Å².